The first kappa shape index (κ1) is 21.8. The van der Waals surface area contributed by atoms with E-state index in [1.54, 1.807) is 49.7 Å². The average molecular weight is 476 g/mol. The van der Waals surface area contributed by atoms with Crippen LogP contribution in [0.3, 0.4) is 0 Å². The van der Waals surface area contributed by atoms with Crippen LogP contribution in [0.5, 0.6) is 5.75 Å². The molecule has 0 aliphatic carbocycles. The number of nitrogens with zero attached hydrogens (tertiary/aromatic N) is 4. The Bertz CT molecular complexity index is 1390. The number of thiazole rings is 1. The lowest BCUT2D eigenvalue weighted by Crippen LogP contribution is -2.50. The molecule has 5 rings (SSSR count). The quantitative estimate of drug-likeness (QED) is 0.426. The summed E-state index contributed by atoms with van der Waals surface area (Å²) in [6.07, 6.45) is 0. The summed E-state index contributed by atoms with van der Waals surface area (Å²) in [4.78, 5) is 45.2. The van der Waals surface area contributed by atoms with Crippen molar-refractivity contribution >= 4 is 40.0 Å². The fourth-order valence-electron chi connectivity index (χ4n) is 4.06. The summed E-state index contributed by atoms with van der Waals surface area (Å²) in [7, 11) is 1.61. The van der Waals surface area contributed by atoms with Gasteiger partial charge in [-0.05, 0) is 42.3 Å². The van der Waals surface area contributed by atoms with E-state index in [9.17, 15) is 14.4 Å². The number of rotatable bonds is 6. The molecule has 1 N–H and O–H groups in total. The predicted octanol–water partition coefficient (Wildman–Crippen LogP) is 3.73. The monoisotopic (exact) mass is 475 g/mol. The molecule has 0 radical (unpaired) electrons. The Morgan fingerprint density at radius 2 is 1.68 bits per heavy atom. The number of imide groups is 1. The highest BCUT2D eigenvalue weighted by atomic mass is 32.1. The highest BCUT2D eigenvalue weighted by Gasteiger charge is 2.44. The number of nitrogens with one attached hydrogen (secondary N) is 1. The molecule has 3 heterocycles. The van der Waals surface area contributed by atoms with E-state index < -0.39 is 23.8 Å². The zero-order chi connectivity index (χ0) is 24.0. The van der Waals surface area contributed by atoms with Gasteiger partial charge in [0.15, 0.2) is 0 Å². The van der Waals surface area contributed by atoms with Crippen LogP contribution in [0.1, 0.15) is 34.6 Å². The standard InChI is InChI=1S/C24H21N5O4S/c1-13(2)19(28-21(31)16-6-4-5-7-17(16)22(28)32)20(30)25-23-26-24-29(27-23)18(12-34-24)14-8-10-15(33-3)11-9-14/h4-13,19H,1-3H3,(H,25,27,30). The summed E-state index contributed by atoms with van der Waals surface area (Å²) in [6, 6.07) is 13.1. The molecule has 10 heteroatoms. The van der Waals surface area contributed by atoms with Gasteiger partial charge >= 0.3 is 0 Å². The van der Waals surface area contributed by atoms with Gasteiger partial charge in [-0.2, -0.15) is 4.98 Å². The fraction of sp³-hybridized carbons (Fsp3) is 0.208. The van der Waals surface area contributed by atoms with Crippen LogP contribution in [0, 0.1) is 5.92 Å². The van der Waals surface area contributed by atoms with Crippen molar-refractivity contribution < 1.29 is 19.1 Å². The van der Waals surface area contributed by atoms with E-state index in [1.807, 2.05) is 29.6 Å². The Kier molecular flexibility index (Phi) is 5.37. The van der Waals surface area contributed by atoms with E-state index in [0.29, 0.717) is 16.1 Å². The lowest BCUT2D eigenvalue weighted by molar-refractivity contribution is -0.121. The van der Waals surface area contributed by atoms with Gasteiger partial charge in [0.1, 0.15) is 11.8 Å². The highest BCUT2D eigenvalue weighted by molar-refractivity contribution is 7.15. The normalized spacial score (nSPS) is 14.1. The Morgan fingerprint density at radius 3 is 2.26 bits per heavy atom. The van der Waals surface area contributed by atoms with Gasteiger partial charge in [-0.25, -0.2) is 4.52 Å². The second-order valence-electron chi connectivity index (χ2n) is 8.18. The third kappa shape index (κ3) is 3.52. The minimum atomic E-state index is -1.00. The first-order valence-electron chi connectivity index (χ1n) is 10.7. The number of methoxy groups -OCH3 is 1. The number of hydrogen-bond acceptors (Lipinski definition) is 7. The molecule has 0 fully saturated rings. The average Bonchev–Trinajstić information content (AvgIpc) is 3.47. The van der Waals surface area contributed by atoms with Gasteiger partial charge in [-0.3, -0.25) is 24.6 Å². The van der Waals surface area contributed by atoms with Crippen LogP contribution < -0.4 is 10.1 Å². The minimum absolute atomic E-state index is 0.105. The predicted molar refractivity (Wildman–Crippen MR) is 127 cm³/mol. The zero-order valence-corrected chi connectivity index (χ0v) is 19.5. The second kappa shape index (κ2) is 8.38. The van der Waals surface area contributed by atoms with Crippen molar-refractivity contribution in [1.82, 2.24) is 19.5 Å². The first-order chi connectivity index (χ1) is 16.4. The summed E-state index contributed by atoms with van der Waals surface area (Å²) in [5.41, 5.74) is 2.34. The van der Waals surface area contributed by atoms with Crippen molar-refractivity contribution in [3.05, 3.63) is 65.0 Å². The molecule has 0 saturated carbocycles. The Hall–Kier alpha value is -4.05. The molecule has 1 atom stereocenters. The molecule has 3 amide bonds. The number of carbonyl (C=O) groups is 3. The number of hydrogen-bond donors (Lipinski definition) is 1. The van der Waals surface area contributed by atoms with Crippen LogP contribution in [-0.2, 0) is 4.79 Å². The van der Waals surface area contributed by atoms with Crippen molar-refractivity contribution in [2.45, 2.75) is 19.9 Å². The third-order valence-corrected chi connectivity index (χ3v) is 6.52. The molecule has 1 aliphatic heterocycles. The topological polar surface area (TPSA) is 106 Å². The summed E-state index contributed by atoms with van der Waals surface area (Å²) < 4.78 is 6.86. The van der Waals surface area contributed by atoms with Crippen molar-refractivity contribution in [3.63, 3.8) is 0 Å². The Balaban J connectivity index is 1.41. The van der Waals surface area contributed by atoms with Crippen molar-refractivity contribution in [2.24, 2.45) is 5.92 Å². The van der Waals surface area contributed by atoms with Crippen molar-refractivity contribution in [2.75, 3.05) is 12.4 Å². The van der Waals surface area contributed by atoms with Crippen LogP contribution in [0.2, 0.25) is 0 Å². The van der Waals surface area contributed by atoms with Gasteiger partial charge in [0.2, 0.25) is 10.9 Å². The fourth-order valence-corrected chi connectivity index (χ4v) is 4.89. The minimum Gasteiger partial charge on any atom is -0.497 e. The van der Waals surface area contributed by atoms with E-state index in [4.69, 9.17) is 4.74 Å². The number of anilines is 1. The first-order valence-corrected chi connectivity index (χ1v) is 11.5. The highest BCUT2D eigenvalue weighted by Crippen LogP contribution is 2.29. The molecule has 0 spiro atoms. The molecule has 1 unspecified atom stereocenters. The smallest absolute Gasteiger partial charge is 0.262 e. The summed E-state index contributed by atoms with van der Waals surface area (Å²) in [6.45, 7) is 3.57. The molecule has 9 nitrogen and oxygen atoms in total. The van der Waals surface area contributed by atoms with Crippen LogP contribution in [0.15, 0.2) is 53.9 Å². The number of ether oxygens (including phenoxy) is 1. The van der Waals surface area contributed by atoms with Crippen LogP contribution in [0.25, 0.3) is 16.2 Å². The Labute approximate surface area is 199 Å². The molecule has 2 aromatic carbocycles. The maximum atomic E-state index is 13.3. The van der Waals surface area contributed by atoms with Crippen molar-refractivity contribution in [3.8, 4) is 17.0 Å². The summed E-state index contributed by atoms with van der Waals surface area (Å²) >= 11 is 1.39. The SMILES string of the molecule is COc1ccc(-c2csc3nc(NC(=O)C(C(C)C)N4C(=O)c5ccccc5C4=O)nn23)cc1. The maximum absolute atomic E-state index is 13.3. The lowest BCUT2D eigenvalue weighted by atomic mass is 10.0. The second-order valence-corrected chi connectivity index (χ2v) is 9.02. The molecular weight excluding hydrogens is 454 g/mol. The number of carbonyl (C=O) groups excluding carboxylic acids is 3. The van der Waals surface area contributed by atoms with Crippen LogP contribution in [0.4, 0.5) is 5.95 Å². The van der Waals surface area contributed by atoms with E-state index in [2.05, 4.69) is 15.4 Å². The van der Waals surface area contributed by atoms with E-state index in [-0.39, 0.29) is 11.9 Å². The number of fused-ring (bicyclic) bond motifs is 2. The molecule has 0 saturated heterocycles. The van der Waals surface area contributed by atoms with Gasteiger partial charge in [-0.15, -0.1) is 16.4 Å². The molecule has 0 bridgehead atoms. The number of benzene rings is 2. The lowest BCUT2D eigenvalue weighted by Gasteiger charge is -2.27. The number of amides is 3. The van der Waals surface area contributed by atoms with Gasteiger partial charge in [0.05, 0.1) is 23.9 Å². The zero-order valence-electron chi connectivity index (χ0n) is 18.7. The molecule has 4 aromatic rings. The largest absolute Gasteiger partial charge is 0.497 e. The molecule has 172 valence electrons. The van der Waals surface area contributed by atoms with E-state index in [1.165, 1.54) is 11.3 Å². The van der Waals surface area contributed by atoms with E-state index in [0.717, 1.165) is 21.9 Å². The molecule has 1 aliphatic rings. The summed E-state index contributed by atoms with van der Waals surface area (Å²) in [5.74, 6) is -0.942. The van der Waals surface area contributed by atoms with Gasteiger partial charge in [0, 0.05) is 10.9 Å². The van der Waals surface area contributed by atoms with Gasteiger partial charge in [0.25, 0.3) is 17.8 Å². The third-order valence-electron chi connectivity index (χ3n) is 5.71. The number of aromatic nitrogens is 3. The van der Waals surface area contributed by atoms with Crippen LogP contribution >= 0.6 is 11.3 Å². The summed E-state index contributed by atoms with van der Waals surface area (Å²) in [5, 5.41) is 9.07. The Morgan fingerprint density at radius 1 is 1.03 bits per heavy atom. The molecular formula is C24H21N5O4S. The van der Waals surface area contributed by atoms with Gasteiger partial charge < -0.3 is 4.74 Å². The molecule has 34 heavy (non-hydrogen) atoms. The van der Waals surface area contributed by atoms with Crippen molar-refractivity contribution in [1.29, 1.82) is 0 Å². The van der Waals surface area contributed by atoms with E-state index >= 15 is 0 Å². The van der Waals surface area contributed by atoms with Gasteiger partial charge in [-0.1, -0.05) is 26.0 Å². The molecule has 2 aromatic heterocycles. The van der Waals surface area contributed by atoms with Crippen LogP contribution in [-0.4, -0.2) is 50.4 Å². The maximum Gasteiger partial charge on any atom is 0.262 e.